The van der Waals surface area contributed by atoms with E-state index in [-0.39, 0.29) is 12.0 Å². The lowest BCUT2D eigenvalue weighted by atomic mass is 10.1. The summed E-state index contributed by atoms with van der Waals surface area (Å²) in [4.78, 5) is 11.7. The van der Waals surface area contributed by atoms with Crippen LogP contribution in [0.3, 0.4) is 0 Å². The Balaban J connectivity index is 1.96. The van der Waals surface area contributed by atoms with Gasteiger partial charge in [-0.05, 0) is 43.7 Å². The van der Waals surface area contributed by atoms with Crippen molar-refractivity contribution in [3.05, 3.63) is 54.0 Å². The van der Waals surface area contributed by atoms with Gasteiger partial charge in [-0.3, -0.25) is 0 Å². The minimum atomic E-state index is -0.277. The molecule has 1 heterocycles. The zero-order chi connectivity index (χ0) is 14.4. The van der Waals surface area contributed by atoms with Crippen molar-refractivity contribution in [1.82, 2.24) is 0 Å². The molecular weight excluding hydrogens is 254 g/mol. The number of ether oxygens (including phenoxy) is 1. The molecule has 0 aliphatic rings. The summed E-state index contributed by atoms with van der Waals surface area (Å²) in [5.41, 5.74) is 2.60. The molecule has 20 heavy (non-hydrogen) atoms. The number of carbonyl (C=O) groups is 1. The van der Waals surface area contributed by atoms with Crippen LogP contribution in [0.15, 0.2) is 47.3 Å². The van der Waals surface area contributed by atoms with Gasteiger partial charge in [0.2, 0.25) is 0 Å². The quantitative estimate of drug-likeness (QED) is 0.808. The molecule has 0 fully saturated rings. The lowest BCUT2D eigenvalue weighted by Gasteiger charge is -2.13. The van der Waals surface area contributed by atoms with E-state index >= 15 is 0 Å². The maximum atomic E-state index is 11.7. The molecule has 0 saturated carbocycles. The topological polar surface area (TPSA) is 51.5 Å². The molecule has 4 nitrogen and oxygen atoms in total. The molecule has 0 aliphatic heterocycles. The van der Waals surface area contributed by atoms with E-state index in [4.69, 9.17) is 9.15 Å². The van der Waals surface area contributed by atoms with Crippen molar-refractivity contribution in [2.75, 3.05) is 11.9 Å². The van der Waals surface area contributed by atoms with Gasteiger partial charge in [0.15, 0.2) is 0 Å². The third-order valence-electron chi connectivity index (χ3n) is 2.98. The number of hydrogen-bond acceptors (Lipinski definition) is 4. The first-order chi connectivity index (χ1) is 9.70. The van der Waals surface area contributed by atoms with Crippen LogP contribution in [0, 0.1) is 0 Å². The number of rotatable bonds is 6. The number of furan rings is 1. The Morgan fingerprint density at radius 2 is 2.05 bits per heavy atom. The van der Waals surface area contributed by atoms with Gasteiger partial charge in [0, 0.05) is 11.3 Å². The second-order valence-electron chi connectivity index (χ2n) is 4.64. The third-order valence-corrected chi connectivity index (χ3v) is 2.98. The molecule has 0 radical (unpaired) electrons. The first-order valence-corrected chi connectivity index (χ1v) is 6.76. The van der Waals surface area contributed by atoms with Crippen molar-refractivity contribution in [2.45, 2.75) is 26.3 Å². The van der Waals surface area contributed by atoms with Crippen LogP contribution in [0.5, 0.6) is 0 Å². The molecule has 0 spiro atoms. The lowest BCUT2D eigenvalue weighted by Crippen LogP contribution is -2.07. The van der Waals surface area contributed by atoms with Crippen LogP contribution >= 0.6 is 0 Å². The average molecular weight is 273 g/mol. The van der Waals surface area contributed by atoms with Crippen LogP contribution < -0.4 is 5.32 Å². The van der Waals surface area contributed by atoms with E-state index < -0.39 is 0 Å². The Hall–Kier alpha value is -2.23. The second-order valence-corrected chi connectivity index (χ2v) is 4.64. The van der Waals surface area contributed by atoms with Crippen LogP contribution in [0.25, 0.3) is 0 Å². The summed E-state index contributed by atoms with van der Waals surface area (Å²) in [5, 5.41) is 3.34. The number of esters is 1. The monoisotopic (exact) mass is 273 g/mol. The molecule has 0 amide bonds. The molecule has 0 bridgehead atoms. The van der Waals surface area contributed by atoms with E-state index in [2.05, 4.69) is 5.32 Å². The van der Waals surface area contributed by atoms with Crippen LogP contribution in [0.4, 0.5) is 5.69 Å². The first kappa shape index (κ1) is 14.2. The number of benzene rings is 1. The van der Waals surface area contributed by atoms with Gasteiger partial charge in [0.1, 0.15) is 0 Å². The largest absolute Gasteiger partial charge is 0.472 e. The van der Waals surface area contributed by atoms with Crippen molar-refractivity contribution in [2.24, 2.45) is 0 Å². The maximum absolute atomic E-state index is 11.7. The van der Waals surface area contributed by atoms with E-state index in [9.17, 15) is 4.79 Å². The molecule has 1 aromatic heterocycles. The lowest BCUT2D eigenvalue weighted by molar-refractivity contribution is 0.0505. The number of hydrogen-bond donors (Lipinski definition) is 1. The van der Waals surface area contributed by atoms with E-state index in [1.54, 1.807) is 24.7 Å². The molecule has 1 N–H and O–H groups in total. The Morgan fingerprint density at radius 1 is 1.30 bits per heavy atom. The predicted molar refractivity (Wildman–Crippen MR) is 77.8 cm³/mol. The van der Waals surface area contributed by atoms with E-state index in [0.717, 1.165) is 17.7 Å². The average Bonchev–Trinajstić information content (AvgIpc) is 3.00. The second kappa shape index (κ2) is 6.80. The fraction of sp³-hybridized carbons (Fsp3) is 0.312. The van der Waals surface area contributed by atoms with Crippen LogP contribution in [0.2, 0.25) is 0 Å². The highest BCUT2D eigenvalue weighted by Gasteiger charge is 2.09. The van der Waals surface area contributed by atoms with Crippen molar-refractivity contribution in [1.29, 1.82) is 0 Å². The van der Waals surface area contributed by atoms with Gasteiger partial charge in [-0.15, -0.1) is 0 Å². The summed E-state index contributed by atoms with van der Waals surface area (Å²) in [6.07, 6.45) is 4.20. The smallest absolute Gasteiger partial charge is 0.338 e. The SMILES string of the molecule is CCCOC(=O)c1ccc(NC(C)c2ccoc2)cc1. The van der Waals surface area contributed by atoms with Crippen molar-refractivity contribution >= 4 is 11.7 Å². The number of anilines is 1. The predicted octanol–water partition coefficient (Wildman–Crippen LogP) is 4.02. The van der Waals surface area contributed by atoms with E-state index in [1.165, 1.54) is 0 Å². The summed E-state index contributed by atoms with van der Waals surface area (Å²) < 4.78 is 10.1. The minimum Gasteiger partial charge on any atom is -0.472 e. The van der Waals surface area contributed by atoms with Gasteiger partial charge in [0.05, 0.1) is 30.7 Å². The molecule has 1 unspecified atom stereocenters. The van der Waals surface area contributed by atoms with E-state index in [0.29, 0.717) is 12.2 Å². The molecular formula is C16H19NO3. The number of carbonyl (C=O) groups excluding carboxylic acids is 1. The van der Waals surface area contributed by atoms with Gasteiger partial charge in [-0.25, -0.2) is 4.79 Å². The van der Waals surface area contributed by atoms with Crippen molar-refractivity contribution in [3.8, 4) is 0 Å². The van der Waals surface area contributed by atoms with Crippen LogP contribution in [-0.4, -0.2) is 12.6 Å². The van der Waals surface area contributed by atoms with Crippen LogP contribution in [-0.2, 0) is 4.74 Å². The fourth-order valence-electron chi connectivity index (χ4n) is 1.84. The number of nitrogens with one attached hydrogen (secondary N) is 1. The summed E-state index contributed by atoms with van der Waals surface area (Å²) in [6.45, 7) is 4.47. The van der Waals surface area contributed by atoms with Crippen molar-refractivity contribution in [3.63, 3.8) is 0 Å². The Kier molecular flexibility index (Phi) is 4.82. The molecule has 106 valence electrons. The van der Waals surface area contributed by atoms with Crippen molar-refractivity contribution < 1.29 is 13.9 Å². The minimum absolute atomic E-state index is 0.145. The molecule has 2 rings (SSSR count). The van der Waals surface area contributed by atoms with E-state index in [1.807, 2.05) is 32.0 Å². The summed E-state index contributed by atoms with van der Waals surface area (Å²) >= 11 is 0. The van der Waals surface area contributed by atoms with Gasteiger partial charge in [0.25, 0.3) is 0 Å². The fourth-order valence-corrected chi connectivity index (χ4v) is 1.84. The molecule has 2 aromatic rings. The van der Waals surface area contributed by atoms with Gasteiger partial charge >= 0.3 is 5.97 Å². The summed E-state index contributed by atoms with van der Waals surface area (Å²) in [5.74, 6) is -0.277. The zero-order valence-corrected chi connectivity index (χ0v) is 11.8. The molecule has 0 aliphatic carbocycles. The highest BCUT2D eigenvalue weighted by atomic mass is 16.5. The zero-order valence-electron chi connectivity index (χ0n) is 11.8. The molecule has 1 atom stereocenters. The highest BCUT2D eigenvalue weighted by Crippen LogP contribution is 2.20. The molecule has 0 saturated heterocycles. The van der Waals surface area contributed by atoms with Gasteiger partial charge in [-0.2, -0.15) is 0 Å². The normalized spacial score (nSPS) is 11.9. The molecule has 1 aromatic carbocycles. The summed E-state index contributed by atoms with van der Waals surface area (Å²) in [6, 6.07) is 9.35. The Bertz CT molecular complexity index is 531. The first-order valence-electron chi connectivity index (χ1n) is 6.76. The maximum Gasteiger partial charge on any atom is 0.338 e. The Labute approximate surface area is 118 Å². The van der Waals surface area contributed by atoms with Gasteiger partial charge < -0.3 is 14.5 Å². The Morgan fingerprint density at radius 3 is 2.65 bits per heavy atom. The summed E-state index contributed by atoms with van der Waals surface area (Å²) in [7, 11) is 0. The highest BCUT2D eigenvalue weighted by molar-refractivity contribution is 5.89. The molecule has 4 heteroatoms. The van der Waals surface area contributed by atoms with Gasteiger partial charge in [-0.1, -0.05) is 6.92 Å². The third kappa shape index (κ3) is 3.63. The standard InChI is InChI=1S/C16H19NO3/c1-3-9-20-16(18)13-4-6-15(7-5-13)17-12(2)14-8-10-19-11-14/h4-8,10-12,17H,3,9H2,1-2H3. The van der Waals surface area contributed by atoms with Crippen LogP contribution in [0.1, 0.15) is 42.2 Å².